The highest BCUT2D eigenvalue weighted by molar-refractivity contribution is 5.81. The van der Waals surface area contributed by atoms with Gasteiger partial charge in [-0.15, -0.1) is 0 Å². The van der Waals surface area contributed by atoms with E-state index < -0.39 is 0 Å². The number of hydrogen-bond acceptors (Lipinski definition) is 2. The number of nitrogens with one attached hydrogen (secondary N) is 1. The summed E-state index contributed by atoms with van der Waals surface area (Å²) in [5, 5.41) is 8.18. The zero-order valence-electron chi connectivity index (χ0n) is 10.9. The molecule has 2 heterocycles. The zero-order valence-corrected chi connectivity index (χ0v) is 10.9. The predicted octanol–water partition coefficient (Wildman–Crippen LogP) is 2.18. The van der Waals surface area contributed by atoms with E-state index in [0.717, 1.165) is 18.9 Å². The second-order valence-corrected chi connectivity index (χ2v) is 5.69. The average molecular weight is 223 g/mol. The smallest absolute Gasteiger partial charge is 0.0987 e. The highest BCUT2D eigenvalue weighted by Crippen LogP contribution is 2.24. The van der Waals surface area contributed by atoms with Crippen LogP contribution >= 0.6 is 0 Å². The number of fused-ring (bicyclic) bond motifs is 1. The Hall–Kier alpha value is -0.570. The first-order valence-corrected chi connectivity index (χ1v) is 6.68. The van der Waals surface area contributed by atoms with E-state index >= 15 is 0 Å². The quantitative estimate of drug-likeness (QED) is 0.545. The summed E-state index contributed by atoms with van der Waals surface area (Å²) in [6.45, 7) is 10.0. The Morgan fingerprint density at radius 2 is 2.00 bits per heavy atom. The van der Waals surface area contributed by atoms with E-state index in [9.17, 15) is 0 Å². The molecule has 2 atom stereocenters. The van der Waals surface area contributed by atoms with Crippen LogP contribution in [0.2, 0.25) is 0 Å². The number of hydrogen-bond donors (Lipinski definition) is 1. The summed E-state index contributed by atoms with van der Waals surface area (Å²) in [5.74, 6) is 1.19. The van der Waals surface area contributed by atoms with E-state index in [1.165, 1.54) is 25.8 Å². The van der Waals surface area contributed by atoms with Crippen LogP contribution in [0.5, 0.6) is 0 Å². The van der Waals surface area contributed by atoms with Crippen molar-refractivity contribution in [2.45, 2.75) is 52.1 Å². The van der Waals surface area contributed by atoms with Crippen molar-refractivity contribution < 1.29 is 0 Å². The molecule has 2 aliphatic rings. The van der Waals surface area contributed by atoms with Crippen molar-refractivity contribution in [1.29, 1.82) is 5.41 Å². The molecule has 0 bridgehead atoms. The molecule has 0 radical (unpaired) electrons. The highest BCUT2D eigenvalue weighted by atomic mass is 15.3. The molecule has 2 saturated heterocycles. The molecule has 0 amide bonds. The Labute approximate surface area is 99.3 Å². The molecule has 2 aliphatic heterocycles. The predicted molar refractivity (Wildman–Crippen MR) is 67.9 cm³/mol. The van der Waals surface area contributed by atoms with Gasteiger partial charge in [-0.2, -0.15) is 0 Å². The van der Waals surface area contributed by atoms with Gasteiger partial charge in [0.05, 0.1) is 5.84 Å². The lowest BCUT2D eigenvalue weighted by molar-refractivity contribution is 0.0479. The van der Waals surface area contributed by atoms with Crippen LogP contribution in [-0.2, 0) is 0 Å². The summed E-state index contributed by atoms with van der Waals surface area (Å²) in [5.41, 5.74) is 0. The molecule has 92 valence electrons. The lowest BCUT2D eigenvalue weighted by Crippen LogP contribution is -2.60. The number of piperazine rings is 1. The highest BCUT2D eigenvalue weighted by Gasteiger charge is 2.34. The monoisotopic (exact) mass is 223 g/mol. The molecule has 0 aliphatic carbocycles. The van der Waals surface area contributed by atoms with Gasteiger partial charge in [-0.3, -0.25) is 10.3 Å². The molecular weight excluding hydrogens is 198 g/mol. The van der Waals surface area contributed by atoms with Gasteiger partial charge in [-0.1, -0.05) is 20.3 Å². The summed E-state index contributed by atoms with van der Waals surface area (Å²) in [7, 11) is 0. The third-order valence-electron chi connectivity index (χ3n) is 4.04. The first-order valence-electron chi connectivity index (χ1n) is 6.68. The minimum absolute atomic E-state index is 0.359. The van der Waals surface area contributed by atoms with Gasteiger partial charge in [0.2, 0.25) is 0 Å². The van der Waals surface area contributed by atoms with Crippen molar-refractivity contribution in [2.75, 3.05) is 19.6 Å². The number of nitrogens with zero attached hydrogens (tertiary/aromatic N) is 2. The zero-order chi connectivity index (χ0) is 11.7. The molecule has 2 unspecified atom stereocenters. The summed E-state index contributed by atoms with van der Waals surface area (Å²) >= 11 is 0. The molecule has 0 spiro atoms. The van der Waals surface area contributed by atoms with E-state index in [4.69, 9.17) is 5.41 Å². The summed E-state index contributed by atoms with van der Waals surface area (Å²) in [6, 6.07) is 1.23. The standard InChI is InChI=1S/C13H25N3/c1-10(2)13(14)16-9-12-6-4-5-7-15(12)8-11(16)3/h10-12,14H,4-9H2,1-3H3. The topological polar surface area (TPSA) is 30.3 Å². The molecule has 3 heteroatoms. The Bertz CT molecular complexity index is 262. The fourth-order valence-electron chi connectivity index (χ4n) is 3.02. The summed E-state index contributed by atoms with van der Waals surface area (Å²) < 4.78 is 0. The van der Waals surface area contributed by atoms with Crippen molar-refractivity contribution in [3.8, 4) is 0 Å². The Morgan fingerprint density at radius 1 is 1.25 bits per heavy atom. The van der Waals surface area contributed by atoms with Gasteiger partial charge in [-0.05, 0) is 26.3 Å². The first-order chi connectivity index (χ1) is 7.59. The Morgan fingerprint density at radius 3 is 2.69 bits per heavy atom. The van der Waals surface area contributed by atoms with Gasteiger partial charge in [0.15, 0.2) is 0 Å². The Balaban J connectivity index is 2.03. The van der Waals surface area contributed by atoms with Gasteiger partial charge >= 0.3 is 0 Å². The molecule has 3 nitrogen and oxygen atoms in total. The van der Waals surface area contributed by atoms with Crippen molar-refractivity contribution in [3.63, 3.8) is 0 Å². The normalized spacial score (nSPS) is 31.6. The second kappa shape index (κ2) is 4.74. The third kappa shape index (κ3) is 2.24. The molecule has 0 aromatic heterocycles. The molecule has 0 aromatic rings. The van der Waals surface area contributed by atoms with Crippen molar-refractivity contribution in [2.24, 2.45) is 5.92 Å². The number of amidine groups is 1. The van der Waals surface area contributed by atoms with E-state index in [1.54, 1.807) is 0 Å². The average Bonchev–Trinajstić information content (AvgIpc) is 2.27. The van der Waals surface area contributed by atoms with E-state index in [2.05, 4.69) is 30.6 Å². The molecule has 1 N–H and O–H groups in total. The van der Waals surface area contributed by atoms with Gasteiger partial charge in [0, 0.05) is 31.1 Å². The van der Waals surface area contributed by atoms with Crippen molar-refractivity contribution in [1.82, 2.24) is 9.80 Å². The van der Waals surface area contributed by atoms with E-state index in [1.807, 2.05) is 0 Å². The van der Waals surface area contributed by atoms with Gasteiger partial charge in [0.25, 0.3) is 0 Å². The van der Waals surface area contributed by atoms with Crippen LogP contribution in [0.15, 0.2) is 0 Å². The van der Waals surface area contributed by atoms with Crippen molar-refractivity contribution in [3.05, 3.63) is 0 Å². The maximum Gasteiger partial charge on any atom is 0.0987 e. The third-order valence-corrected chi connectivity index (χ3v) is 4.04. The number of piperidine rings is 1. The summed E-state index contributed by atoms with van der Waals surface area (Å²) in [6.07, 6.45) is 4.07. The maximum absolute atomic E-state index is 8.18. The first kappa shape index (κ1) is 11.9. The fraction of sp³-hybridized carbons (Fsp3) is 0.923. The molecule has 0 saturated carbocycles. The van der Waals surface area contributed by atoms with Crippen LogP contribution in [0.4, 0.5) is 0 Å². The van der Waals surface area contributed by atoms with Gasteiger partial charge < -0.3 is 4.90 Å². The molecule has 2 rings (SSSR count). The molecule has 0 aromatic carbocycles. The lowest BCUT2D eigenvalue weighted by atomic mass is 9.96. The second-order valence-electron chi connectivity index (χ2n) is 5.69. The van der Waals surface area contributed by atoms with Crippen molar-refractivity contribution >= 4 is 5.84 Å². The fourth-order valence-corrected chi connectivity index (χ4v) is 3.02. The Kier molecular flexibility index (Phi) is 3.53. The van der Waals surface area contributed by atoms with Crippen LogP contribution in [0.3, 0.4) is 0 Å². The minimum Gasteiger partial charge on any atom is -0.355 e. The van der Waals surface area contributed by atoms with E-state index in [0.29, 0.717) is 18.0 Å². The van der Waals surface area contributed by atoms with E-state index in [-0.39, 0.29) is 0 Å². The van der Waals surface area contributed by atoms with Gasteiger partial charge in [-0.25, -0.2) is 0 Å². The molecule has 2 fully saturated rings. The number of rotatable bonds is 1. The largest absolute Gasteiger partial charge is 0.355 e. The SMILES string of the molecule is CC(C)C(=N)N1CC2CCCCN2CC1C. The summed E-state index contributed by atoms with van der Waals surface area (Å²) in [4.78, 5) is 4.97. The van der Waals surface area contributed by atoms with Crippen LogP contribution in [0.25, 0.3) is 0 Å². The molecular formula is C13H25N3. The van der Waals surface area contributed by atoms with Crippen LogP contribution < -0.4 is 0 Å². The van der Waals surface area contributed by atoms with Crippen LogP contribution in [0.1, 0.15) is 40.0 Å². The van der Waals surface area contributed by atoms with Crippen LogP contribution in [-0.4, -0.2) is 47.4 Å². The minimum atomic E-state index is 0.359. The molecule has 16 heavy (non-hydrogen) atoms. The van der Waals surface area contributed by atoms with Crippen LogP contribution in [0, 0.1) is 11.3 Å². The lowest BCUT2D eigenvalue weighted by Gasteiger charge is -2.49. The van der Waals surface area contributed by atoms with Gasteiger partial charge in [0.1, 0.15) is 0 Å². The maximum atomic E-state index is 8.18.